The number of aliphatic hydroxyl groups excluding tert-OH is 1. The van der Waals surface area contributed by atoms with Gasteiger partial charge in [-0.25, -0.2) is 0 Å². The third-order valence-electron chi connectivity index (χ3n) is 1.31. The minimum Gasteiger partial charge on any atom is -0.389 e. The summed E-state index contributed by atoms with van der Waals surface area (Å²) in [4.78, 5) is 0. The first-order valence-corrected chi connectivity index (χ1v) is 5.57. The van der Waals surface area contributed by atoms with Crippen LogP contribution in [0.1, 0.15) is 0 Å². The number of aliphatic hydroxyl groups is 1. The van der Waals surface area contributed by atoms with Crippen molar-refractivity contribution < 1.29 is 14.1 Å². The van der Waals surface area contributed by atoms with Gasteiger partial charge in [0, 0.05) is 43.0 Å². The summed E-state index contributed by atoms with van der Waals surface area (Å²) in [6.07, 6.45) is 1.19. The van der Waals surface area contributed by atoms with E-state index in [9.17, 15) is 4.21 Å². The molecule has 0 aliphatic carbocycles. The van der Waals surface area contributed by atoms with Crippen LogP contribution in [0, 0.1) is 0 Å². The second kappa shape index (κ2) is 7.67. The summed E-state index contributed by atoms with van der Waals surface area (Å²) < 4.78 is 15.3. The second-order valence-electron chi connectivity index (χ2n) is 2.59. The predicted molar refractivity (Wildman–Crippen MR) is 49.7 cm³/mol. The second-order valence-corrected chi connectivity index (χ2v) is 4.15. The molecule has 0 aliphatic rings. The van der Waals surface area contributed by atoms with Crippen molar-refractivity contribution in [1.29, 1.82) is 0 Å². The number of hydrogen-bond donors (Lipinski definition) is 2. The number of methoxy groups -OCH3 is 1. The molecule has 0 rings (SSSR count). The van der Waals surface area contributed by atoms with Crippen LogP contribution < -0.4 is 5.32 Å². The number of nitrogens with one attached hydrogen (secondary N) is 1. The third-order valence-corrected chi connectivity index (χ3v) is 2.08. The Morgan fingerprint density at radius 1 is 1.67 bits per heavy atom. The Morgan fingerprint density at radius 2 is 2.33 bits per heavy atom. The standard InChI is InChI=1S/C7H17NO3S/c1-11-6-7(9)5-8-3-4-12(2)10/h7-9H,3-6H2,1-2H3. The monoisotopic (exact) mass is 195 g/mol. The minimum atomic E-state index is -0.759. The first-order chi connectivity index (χ1) is 5.66. The van der Waals surface area contributed by atoms with Crippen molar-refractivity contribution >= 4 is 10.8 Å². The van der Waals surface area contributed by atoms with E-state index in [0.717, 1.165) is 0 Å². The van der Waals surface area contributed by atoms with Crippen molar-refractivity contribution in [3.8, 4) is 0 Å². The van der Waals surface area contributed by atoms with Crippen molar-refractivity contribution in [2.45, 2.75) is 6.10 Å². The highest BCUT2D eigenvalue weighted by Crippen LogP contribution is 1.80. The summed E-state index contributed by atoms with van der Waals surface area (Å²) in [5, 5.41) is 12.1. The fraction of sp³-hybridized carbons (Fsp3) is 1.00. The van der Waals surface area contributed by atoms with E-state index in [2.05, 4.69) is 5.32 Å². The Kier molecular flexibility index (Phi) is 7.69. The van der Waals surface area contributed by atoms with Gasteiger partial charge >= 0.3 is 0 Å². The highest BCUT2D eigenvalue weighted by atomic mass is 32.2. The first kappa shape index (κ1) is 12.0. The molecule has 0 spiro atoms. The zero-order valence-corrected chi connectivity index (χ0v) is 8.39. The molecule has 2 N–H and O–H groups in total. The molecule has 0 amide bonds. The van der Waals surface area contributed by atoms with Crippen LogP contribution in [0.5, 0.6) is 0 Å². The normalized spacial score (nSPS) is 15.9. The summed E-state index contributed by atoms with van der Waals surface area (Å²) in [7, 11) is 0.787. The van der Waals surface area contributed by atoms with E-state index in [0.29, 0.717) is 25.4 Å². The van der Waals surface area contributed by atoms with Crippen LogP contribution in [0.2, 0.25) is 0 Å². The van der Waals surface area contributed by atoms with Crippen molar-refractivity contribution in [1.82, 2.24) is 5.32 Å². The highest BCUT2D eigenvalue weighted by Gasteiger charge is 2.01. The van der Waals surface area contributed by atoms with Gasteiger partial charge in [0.05, 0.1) is 12.7 Å². The average molecular weight is 195 g/mol. The molecule has 12 heavy (non-hydrogen) atoms. The molecule has 0 radical (unpaired) electrons. The van der Waals surface area contributed by atoms with Crippen LogP contribution in [0.25, 0.3) is 0 Å². The van der Waals surface area contributed by atoms with Gasteiger partial charge < -0.3 is 15.2 Å². The Labute approximate surface area is 75.8 Å². The Hall–Kier alpha value is 0.0300. The molecule has 4 nitrogen and oxygen atoms in total. The molecule has 0 heterocycles. The lowest BCUT2D eigenvalue weighted by atomic mass is 10.4. The van der Waals surface area contributed by atoms with Gasteiger partial charge in [-0.05, 0) is 0 Å². The molecule has 74 valence electrons. The molecular formula is C7H17NO3S. The van der Waals surface area contributed by atoms with Gasteiger partial charge in [-0.3, -0.25) is 4.21 Å². The number of hydrogen-bond acceptors (Lipinski definition) is 4. The molecule has 5 heteroatoms. The van der Waals surface area contributed by atoms with E-state index in [4.69, 9.17) is 9.84 Å². The molecule has 0 saturated heterocycles. The van der Waals surface area contributed by atoms with Crippen molar-refractivity contribution in [2.75, 3.05) is 38.8 Å². The van der Waals surface area contributed by atoms with Gasteiger partial charge in [0.1, 0.15) is 0 Å². The number of ether oxygens (including phenoxy) is 1. The Bertz CT molecular complexity index is 132. The zero-order chi connectivity index (χ0) is 9.40. The van der Waals surface area contributed by atoms with E-state index in [1.165, 1.54) is 0 Å². The lowest BCUT2D eigenvalue weighted by molar-refractivity contribution is 0.0650. The van der Waals surface area contributed by atoms with Gasteiger partial charge in [0.25, 0.3) is 0 Å². The molecular weight excluding hydrogens is 178 g/mol. The van der Waals surface area contributed by atoms with Crippen LogP contribution >= 0.6 is 0 Å². The smallest absolute Gasteiger partial charge is 0.0897 e. The molecule has 0 saturated carbocycles. The fourth-order valence-corrected chi connectivity index (χ4v) is 1.17. The van der Waals surface area contributed by atoms with Crippen molar-refractivity contribution in [2.24, 2.45) is 0 Å². The molecule has 0 aliphatic heterocycles. The van der Waals surface area contributed by atoms with Gasteiger partial charge in [-0.1, -0.05) is 0 Å². The highest BCUT2D eigenvalue weighted by molar-refractivity contribution is 7.84. The predicted octanol–water partition coefficient (Wildman–Crippen LogP) is -1.04. The summed E-state index contributed by atoms with van der Waals surface area (Å²) in [6, 6.07) is 0. The van der Waals surface area contributed by atoms with Crippen LogP contribution in [-0.2, 0) is 15.5 Å². The maximum atomic E-state index is 10.6. The van der Waals surface area contributed by atoms with Crippen LogP contribution in [-0.4, -0.2) is 54.2 Å². The molecule has 0 aromatic heterocycles. The van der Waals surface area contributed by atoms with Crippen LogP contribution in [0.4, 0.5) is 0 Å². The van der Waals surface area contributed by atoms with Crippen molar-refractivity contribution in [3.05, 3.63) is 0 Å². The molecule has 2 unspecified atom stereocenters. The van der Waals surface area contributed by atoms with Crippen molar-refractivity contribution in [3.63, 3.8) is 0 Å². The van der Waals surface area contributed by atoms with Crippen LogP contribution in [0.15, 0.2) is 0 Å². The molecule has 0 aromatic carbocycles. The maximum Gasteiger partial charge on any atom is 0.0897 e. The quantitative estimate of drug-likeness (QED) is 0.510. The van der Waals surface area contributed by atoms with Crippen LogP contribution in [0.3, 0.4) is 0 Å². The molecule has 0 fully saturated rings. The first-order valence-electron chi connectivity index (χ1n) is 3.84. The van der Waals surface area contributed by atoms with E-state index in [1.807, 2.05) is 0 Å². The summed E-state index contributed by atoms with van der Waals surface area (Å²) in [5.41, 5.74) is 0. The van der Waals surface area contributed by atoms with E-state index >= 15 is 0 Å². The Balaban J connectivity index is 3.13. The van der Waals surface area contributed by atoms with Gasteiger partial charge in [-0.15, -0.1) is 0 Å². The van der Waals surface area contributed by atoms with Gasteiger partial charge in [0.15, 0.2) is 0 Å². The maximum absolute atomic E-state index is 10.6. The third kappa shape index (κ3) is 8.13. The molecule has 0 aromatic rings. The minimum absolute atomic E-state index is 0.336. The molecule has 2 atom stereocenters. The summed E-state index contributed by atoms with van der Waals surface area (Å²) >= 11 is 0. The van der Waals surface area contributed by atoms with E-state index in [1.54, 1.807) is 13.4 Å². The van der Waals surface area contributed by atoms with Gasteiger partial charge in [0.2, 0.25) is 0 Å². The largest absolute Gasteiger partial charge is 0.389 e. The van der Waals surface area contributed by atoms with E-state index < -0.39 is 16.9 Å². The summed E-state index contributed by atoms with van der Waals surface area (Å²) in [5.74, 6) is 0.625. The fourth-order valence-electron chi connectivity index (χ4n) is 0.736. The van der Waals surface area contributed by atoms with E-state index in [-0.39, 0.29) is 0 Å². The SMILES string of the molecule is COCC(O)CNCCS(C)=O. The topological polar surface area (TPSA) is 58.6 Å². The lowest BCUT2D eigenvalue weighted by Crippen LogP contribution is -2.32. The molecule has 0 bridgehead atoms. The number of rotatable bonds is 7. The lowest BCUT2D eigenvalue weighted by Gasteiger charge is -2.09. The Morgan fingerprint density at radius 3 is 2.83 bits per heavy atom. The van der Waals surface area contributed by atoms with Gasteiger partial charge in [-0.2, -0.15) is 0 Å². The average Bonchev–Trinajstić information content (AvgIpc) is 1.98. The summed E-state index contributed by atoms with van der Waals surface area (Å²) in [6.45, 7) is 1.50. The zero-order valence-electron chi connectivity index (χ0n) is 7.58.